The van der Waals surface area contributed by atoms with Crippen LogP contribution in [0, 0.1) is 11.8 Å². The number of hydroxylamine groups is 2. The van der Waals surface area contributed by atoms with Gasteiger partial charge in [0, 0.05) is 13.0 Å². The number of hydrazine groups is 1. The quantitative estimate of drug-likeness (QED) is 0.219. The first-order valence-electron chi connectivity index (χ1n) is 10.7. The number of carbonyl (C=O) groups is 2. The second kappa shape index (κ2) is 12.4. The molecule has 1 aromatic rings. The summed E-state index contributed by atoms with van der Waals surface area (Å²) < 4.78 is 5.56. The minimum absolute atomic E-state index is 0.160. The number of nitrogens with zero attached hydrogens (tertiary/aromatic N) is 3. The van der Waals surface area contributed by atoms with E-state index in [1.807, 2.05) is 6.26 Å². The van der Waals surface area contributed by atoms with Crippen LogP contribution in [0.2, 0.25) is 5.15 Å². The van der Waals surface area contributed by atoms with Crippen molar-refractivity contribution in [1.29, 1.82) is 0 Å². The molecular formula is C20H30ClN5O4S. The van der Waals surface area contributed by atoms with Gasteiger partial charge in [-0.1, -0.05) is 37.3 Å². The largest absolute Gasteiger partial charge is 0.350 e. The maximum absolute atomic E-state index is 13.0. The molecular weight excluding hydrogens is 442 g/mol. The molecule has 172 valence electrons. The highest BCUT2D eigenvalue weighted by Crippen LogP contribution is 2.31. The average molecular weight is 472 g/mol. The number of ether oxygens (including phenoxy) is 1. The normalized spacial score (nSPS) is 20.3. The molecule has 31 heavy (non-hydrogen) atoms. The molecule has 0 bridgehead atoms. The number of hydrogen-bond acceptors (Lipinski definition) is 8. The first-order chi connectivity index (χ1) is 15.1. The van der Waals surface area contributed by atoms with Crippen LogP contribution in [0.1, 0.15) is 51.4 Å². The zero-order chi connectivity index (χ0) is 22.1. The van der Waals surface area contributed by atoms with Crippen molar-refractivity contribution in [2.75, 3.05) is 24.8 Å². The summed E-state index contributed by atoms with van der Waals surface area (Å²) in [6.45, 7) is 0.778. The molecule has 1 aromatic heterocycles. The molecule has 1 saturated carbocycles. The summed E-state index contributed by atoms with van der Waals surface area (Å²) in [5.41, 5.74) is 5.58. The zero-order valence-electron chi connectivity index (χ0n) is 17.7. The van der Waals surface area contributed by atoms with Gasteiger partial charge in [0.1, 0.15) is 11.5 Å². The smallest absolute Gasteiger partial charge is 0.243 e. The van der Waals surface area contributed by atoms with E-state index in [1.54, 1.807) is 0 Å². The van der Waals surface area contributed by atoms with Gasteiger partial charge in [-0.05, 0) is 31.4 Å². The molecule has 1 aliphatic carbocycles. The summed E-state index contributed by atoms with van der Waals surface area (Å²) in [7, 11) is 0. The zero-order valence-corrected chi connectivity index (χ0v) is 19.3. The van der Waals surface area contributed by atoms with E-state index in [9.17, 15) is 9.59 Å². The highest BCUT2D eigenvalue weighted by Gasteiger charge is 2.29. The van der Waals surface area contributed by atoms with Crippen LogP contribution in [-0.4, -0.2) is 53.0 Å². The van der Waals surface area contributed by atoms with Gasteiger partial charge >= 0.3 is 0 Å². The summed E-state index contributed by atoms with van der Waals surface area (Å²) in [5, 5.41) is 1.51. The van der Waals surface area contributed by atoms with Crippen molar-refractivity contribution in [3.8, 4) is 0 Å². The fraction of sp³-hybridized carbons (Fsp3) is 0.700. The van der Waals surface area contributed by atoms with Crippen LogP contribution in [-0.2, 0) is 19.2 Å². The number of rotatable bonds is 11. The van der Waals surface area contributed by atoms with Crippen molar-refractivity contribution in [3.63, 3.8) is 0 Å². The SMILES string of the molecule is CSc1c(Cl)ncnc1NNC(=O)[C@H](CC1CCCC1)CN(C=O)OC1CCCCO1. The number of carbonyl (C=O) groups excluding carboxylic acids is 2. The van der Waals surface area contributed by atoms with Crippen LogP contribution in [0.4, 0.5) is 5.82 Å². The maximum Gasteiger partial charge on any atom is 0.243 e. The van der Waals surface area contributed by atoms with Gasteiger partial charge in [0.15, 0.2) is 12.1 Å². The number of halogens is 1. The standard InChI is InChI=1S/C20H30ClN5O4S/c1-31-17-18(21)22-12-23-19(17)24-25-20(28)15(10-14-6-2-3-7-14)11-26(13-27)30-16-8-4-5-9-29-16/h12-16H,2-11H2,1H3,(H,25,28)(H,22,23,24)/t15-,16?/m1/s1. The Morgan fingerprint density at radius 3 is 2.81 bits per heavy atom. The molecule has 2 fully saturated rings. The van der Waals surface area contributed by atoms with Gasteiger partial charge in [0.05, 0.1) is 17.4 Å². The molecule has 11 heteroatoms. The van der Waals surface area contributed by atoms with Crippen LogP contribution < -0.4 is 10.9 Å². The Bertz CT molecular complexity index is 732. The lowest BCUT2D eigenvalue weighted by atomic mass is 9.92. The molecule has 9 nitrogen and oxygen atoms in total. The molecule has 2 amide bonds. The first-order valence-corrected chi connectivity index (χ1v) is 12.3. The summed E-state index contributed by atoms with van der Waals surface area (Å²) in [5.74, 6) is 0.234. The number of thioether (sulfide) groups is 1. The van der Waals surface area contributed by atoms with Crippen LogP contribution in [0.3, 0.4) is 0 Å². The van der Waals surface area contributed by atoms with Crippen molar-refractivity contribution in [1.82, 2.24) is 20.5 Å². The van der Waals surface area contributed by atoms with Crippen molar-refractivity contribution in [2.24, 2.45) is 11.8 Å². The third-order valence-electron chi connectivity index (χ3n) is 5.64. The highest BCUT2D eigenvalue weighted by molar-refractivity contribution is 7.98. The number of nitrogens with one attached hydrogen (secondary N) is 2. The van der Waals surface area contributed by atoms with E-state index in [1.165, 1.54) is 36.0 Å². The van der Waals surface area contributed by atoms with E-state index in [-0.39, 0.29) is 12.5 Å². The van der Waals surface area contributed by atoms with Gasteiger partial charge in [-0.25, -0.2) is 19.9 Å². The fourth-order valence-corrected chi connectivity index (χ4v) is 4.91. The Morgan fingerprint density at radius 2 is 2.13 bits per heavy atom. The van der Waals surface area contributed by atoms with E-state index in [4.69, 9.17) is 21.2 Å². The van der Waals surface area contributed by atoms with E-state index < -0.39 is 12.2 Å². The van der Waals surface area contributed by atoms with E-state index in [0.717, 1.165) is 32.1 Å². The van der Waals surface area contributed by atoms with Gasteiger partial charge in [-0.3, -0.25) is 20.4 Å². The molecule has 1 unspecified atom stereocenters. The highest BCUT2D eigenvalue weighted by atomic mass is 35.5. The van der Waals surface area contributed by atoms with Gasteiger partial charge in [0.25, 0.3) is 0 Å². The third kappa shape index (κ3) is 7.20. The first kappa shape index (κ1) is 24.0. The maximum atomic E-state index is 13.0. The molecule has 0 spiro atoms. The number of amides is 2. The van der Waals surface area contributed by atoms with Crippen molar-refractivity contribution in [3.05, 3.63) is 11.5 Å². The lowest BCUT2D eigenvalue weighted by Gasteiger charge is -2.30. The van der Waals surface area contributed by atoms with Crippen molar-refractivity contribution in [2.45, 2.75) is 62.6 Å². The Morgan fingerprint density at radius 1 is 1.35 bits per heavy atom. The van der Waals surface area contributed by atoms with Crippen LogP contribution in [0.25, 0.3) is 0 Å². The van der Waals surface area contributed by atoms with Gasteiger partial charge in [-0.2, -0.15) is 0 Å². The molecule has 2 N–H and O–H groups in total. The average Bonchev–Trinajstić information content (AvgIpc) is 3.30. The Hall–Kier alpha value is -1.62. The minimum Gasteiger partial charge on any atom is -0.350 e. The molecule has 0 aromatic carbocycles. The Balaban J connectivity index is 1.63. The van der Waals surface area contributed by atoms with Crippen LogP contribution in [0.15, 0.2) is 11.2 Å². The van der Waals surface area contributed by atoms with Crippen LogP contribution >= 0.6 is 23.4 Å². The Kier molecular flexibility index (Phi) is 9.63. The van der Waals surface area contributed by atoms with E-state index >= 15 is 0 Å². The molecule has 1 aliphatic heterocycles. The topological polar surface area (TPSA) is 106 Å². The van der Waals surface area contributed by atoms with Crippen molar-refractivity contribution < 1.29 is 19.2 Å². The molecule has 2 aliphatic rings. The molecule has 3 rings (SSSR count). The predicted molar refractivity (Wildman–Crippen MR) is 118 cm³/mol. The van der Waals surface area contributed by atoms with Gasteiger partial charge < -0.3 is 4.74 Å². The lowest BCUT2D eigenvalue weighted by Crippen LogP contribution is -2.43. The third-order valence-corrected chi connectivity index (χ3v) is 6.83. The van der Waals surface area contributed by atoms with Crippen molar-refractivity contribution >= 4 is 41.5 Å². The number of aromatic nitrogens is 2. The van der Waals surface area contributed by atoms with Gasteiger partial charge in [-0.15, -0.1) is 11.8 Å². The van der Waals surface area contributed by atoms with Crippen LogP contribution in [0.5, 0.6) is 0 Å². The predicted octanol–water partition coefficient (Wildman–Crippen LogP) is 3.41. The summed E-state index contributed by atoms with van der Waals surface area (Å²) in [4.78, 5) is 39.1. The molecule has 1 saturated heterocycles. The second-order valence-corrected chi connectivity index (χ2v) is 9.02. The lowest BCUT2D eigenvalue weighted by molar-refractivity contribution is -0.276. The Labute approximate surface area is 191 Å². The number of anilines is 1. The van der Waals surface area contributed by atoms with E-state index in [2.05, 4.69) is 20.8 Å². The monoisotopic (exact) mass is 471 g/mol. The number of hydrogen-bond donors (Lipinski definition) is 2. The summed E-state index contributed by atoms with van der Waals surface area (Å²) in [6.07, 6.45) is 11.3. The molecule has 0 radical (unpaired) electrons. The summed E-state index contributed by atoms with van der Waals surface area (Å²) in [6, 6.07) is 0. The second-order valence-electron chi connectivity index (χ2n) is 7.85. The van der Waals surface area contributed by atoms with Gasteiger partial charge in [0.2, 0.25) is 12.3 Å². The minimum atomic E-state index is -0.445. The molecule has 2 heterocycles. The fourth-order valence-electron chi connectivity index (χ4n) is 4.03. The van der Waals surface area contributed by atoms with E-state index in [0.29, 0.717) is 41.2 Å². The summed E-state index contributed by atoms with van der Waals surface area (Å²) >= 11 is 7.49. The molecule has 2 atom stereocenters.